The van der Waals surface area contributed by atoms with Gasteiger partial charge in [0.05, 0.1) is 11.6 Å². The van der Waals surface area contributed by atoms with Crippen molar-refractivity contribution in [3.63, 3.8) is 0 Å². The average Bonchev–Trinajstić information content (AvgIpc) is 2.93. The number of nitrogens with zero attached hydrogens (tertiary/aromatic N) is 2. The van der Waals surface area contributed by atoms with Gasteiger partial charge in [-0.15, -0.1) is 0 Å². The van der Waals surface area contributed by atoms with Gasteiger partial charge >= 0.3 is 0 Å². The molecule has 3 unspecified atom stereocenters. The number of fused-ring (bicyclic) bond motifs is 1. The van der Waals surface area contributed by atoms with E-state index < -0.39 is 18.3 Å². The zero-order valence-electron chi connectivity index (χ0n) is 12.6. The van der Waals surface area contributed by atoms with E-state index >= 15 is 0 Å². The minimum absolute atomic E-state index is 0.282. The Hall–Kier alpha value is -2.77. The van der Waals surface area contributed by atoms with Gasteiger partial charge in [-0.3, -0.25) is 9.78 Å². The molecule has 1 fully saturated rings. The van der Waals surface area contributed by atoms with E-state index in [9.17, 15) is 14.3 Å². The molecule has 2 aliphatic rings. The summed E-state index contributed by atoms with van der Waals surface area (Å²) in [6.07, 6.45) is 1.63. The van der Waals surface area contributed by atoms with Crippen LogP contribution in [-0.2, 0) is 4.79 Å². The van der Waals surface area contributed by atoms with Crippen LogP contribution in [0.25, 0.3) is 5.70 Å². The Labute approximate surface area is 137 Å². The quantitative estimate of drug-likeness (QED) is 0.766. The van der Waals surface area contributed by atoms with Crippen LogP contribution in [0.4, 0.5) is 4.39 Å². The third kappa shape index (κ3) is 2.44. The topological polar surface area (TPSA) is 77.5 Å². The summed E-state index contributed by atoms with van der Waals surface area (Å²) in [5.74, 6) is -1.05. The van der Waals surface area contributed by atoms with Gasteiger partial charge in [0.2, 0.25) is 0 Å². The summed E-state index contributed by atoms with van der Waals surface area (Å²) in [6.45, 7) is 0. The number of carbonyl (C=O) groups is 1. The van der Waals surface area contributed by atoms with Crippen molar-refractivity contribution < 1.29 is 14.3 Å². The van der Waals surface area contributed by atoms with Crippen molar-refractivity contribution in [2.75, 3.05) is 0 Å². The van der Waals surface area contributed by atoms with Crippen LogP contribution in [-0.4, -0.2) is 33.4 Å². The lowest BCUT2D eigenvalue weighted by molar-refractivity contribution is -0.131. The number of aliphatic hydroxyl groups excluding tert-OH is 1. The average molecular weight is 326 g/mol. The summed E-state index contributed by atoms with van der Waals surface area (Å²) in [7, 11) is 0. The van der Waals surface area contributed by atoms with Crippen LogP contribution < -0.4 is 10.7 Å². The molecule has 3 heterocycles. The van der Waals surface area contributed by atoms with E-state index in [1.165, 1.54) is 23.2 Å². The molecular weight excluding hydrogens is 311 g/mol. The molecule has 0 radical (unpaired) electrons. The van der Waals surface area contributed by atoms with Gasteiger partial charge in [0, 0.05) is 18.0 Å². The first-order chi connectivity index (χ1) is 11.6. The van der Waals surface area contributed by atoms with Gasteiger partial charge in [0.25, 0.3) is 5.91 Å². The molecule has 122 valence electrons. The first-order valence-corrected chi connectivity index (χ1v) is 7.56. The van der Waals surface area contributed by atoms with E-state index in [2.05, 4.69) is 15.7 Å². The highest BCUT2D eigenvalue weighted by Crippen LogP contribution is 2.32. The number of amides is 1. The molecule has 4 rings (SSSR count). The van der Waals surface area contributed by atoms with Crippen LogP contribution in [0.1, 0.15) is 17.2 Å². The second-order valence-corrected chi connectivity index (χ2v) is 5.72. The molecule has 3 N–H and O–H groups in total. The highest BCUT2D eigenvalue weighted by Gasteiger charge is 2.46. The Kier molecular flexibility index (Phi) is 3.51. The molecular formula is C17H15FN4O2. The summed E-state index contributed by atoms with van der Waals surface area (Å²) in [5.41, 5.74) is 4.72. The van der Waals surface area contributed by atoms with Gasteiger partial charge < -0.3 is 10.4 Å². The number of hydrogen-bond donors (Lipinski definition) is 3. The van der Waals surface area contributed by atoms with Crippen LogP contribution in [0, 0.1) is 5.82 Å². The fraction of sp³-hybridized carbons (Fsp3) is 0.176. The number of nitrogens with one attached hydrogen (secondary N) is 2. The molecule has 1 aromatic heterocycles. The SMILES string of the molecule is O=C1C=C(c2ccc(F)cc2)NC2C(c3ccccn3)C(O)NN12. The largest absolute Gasteiger partial charge is 0.376 e. The molecule has 24 heavy (non-hydrogen) atoms. The molecule has 6 nitrogen and oxygen atoms in total. The smallest absolute Gasteiger partial charge is 0.264 e. The lowest BCUT2D eigenvalue weighted by atomic mass is 9.98. The first kappa shape index (κ1) is 14.8. The molecule has 1 aromatic carbocycles. The number of carbonyl (C=O) groups excluding carboxylic acids is 1. The lowest BCUT2D eigenvalue weighted by Crippen LogP contribution is -2.52. The van der Waals surface area contributed by atoms with E-state index in [1.54, 1.807) is 30.5 Å². The van der Waals surface area contributed by atoms with Gasteiger partial charge in [-0.05, 0) is 42.0 Å². The Morgan fingerprint density at radius 2 is 1.96 bits per heavy atom. The van der Waals surface area contributed by atoms with Gasteiger partial charge in [-0.1, -0.05) is 6.07 Å². The minimum atomic E-state index is -0.942. The highest BCUT2D eigenvalue weighted by atomic mass is 19.1. The number of aromatic nitrogens is 1. The first-order valence-electron chi connectivity index (χ1n) is 7.56. The zero-order valence-corrected chi connectivity index (χ0v) is 12.6. The maximum atomic E-state index is 13.1. The molecule has 3 atom stereocenters. The number of rotatable bonds is 2. The van der Waals surface area contributed by atoms with Crippen LogP contribution in [0.5, 0.6) is 0 Å². The Morgan fingerprint density at radius 3 is 2.67 bits per heavy atom. The van der Waals surface area contributed by atoms with Gasteiger partial charge in [0.15, 0.2) is 0 Å². The van der Waals surface area contributed by atoms with Crippen molar-refractivity contribution in [2.24, 2.45) is 0 Å². The van der Waals surface area contributed by atoms with Crippen molar-refractivity contribution in [3.05, 3.63) is 71.8 Å². The van der Waals surface area contributed by atoms with Crippen LogP contribution in [0.3, 0.4) is 0 Å². The van der Waals surface area contributed by atoms with Gasteiger partial charge in [-0.25, -0.2) is 14.8 Å². The second kappa shape index (κ2) is 5.70. The number of pyridine rings is 1. The fourth-order valence-electron chi connectivity index (χ4n) is 3.08. The number of aliphatic hydroxyl groups is 1. The van der Waals surface area contributed by atoms with Crippen LogP contribution >= 0.6 is 0 Å². The summed E-state index contributed by atoms with van der Waals surface area (Å²) in [4.78, 5) is 16.7. The third-order valence-corrected chi connectivity index (χ3v) is 4.22. The van der Waals surface area contributed by atoms with E-state index in [0.717, 1.165) is 0 Å². The van der Waals surface area contributed by atoms with Crippen molar-refractivity contribution in [1.82, 2.24) is 20.7 Å². The Bertz CT molecular complexity index is 794. The monoisotopic (exact) mass is 326 g/mol. The number of hydrazine groups is 1. The van der Waals surface area contributed by atoms with E-state index in [1.807, 2.05) is 6.07 Å². The molecule has 2 aliphatic heterocycles. The van der Waals surface area contributed by atoms with E-state index in [-0.39, 0.29) is 11.7 Å². The van der Waals surface area contributed by atoms with Gasteiger partial charge in [-0.2, -0.15) is 0 Å². The van der Waals surface area contributed by atoms with Crippen LogP contribution in [0.2, 0.25) is 0 Å². The molecule has 0 aliphatic carbocycles. The summed E-state index contributed by atoms with van der Waals surface area (Å²) < 4.78 is 13.1. The molecule has 1 amide bonds. The molecule has 0 spiro atoms. The lowest BCUT2D eigenvalue weighted by Gasteiger charge is -2.32. The molecule has 7 heteroatoms. The maximum Gasteiger partial charge on any atom is 0.264 e. The summed E-state index contributed by atoms with van der Waals surface area (Å²) in [5, 5.41) is 14.9. The molecule has 0 saturated carbocycles. The fourth-order valence-corrected chi connectivity index (χ4v) is 3.08. The number of hydrogen-bond acceptors (Lipinski definition) is 5. The summed E-state index contributed by atoms with van der Waals surface area (Å²) >= 11 is 0. The highest BCUT2D eigenvalue weighted by molar-refractivity contribution is 5.96. The van der Waals surface area contributed by atoms with Crippen molar-refractivity contribution in [3.8, 4) is 0 Å². The molecule has 2 aromatic rings. The zero-order chi connectivity index (χ0) is 16.7. The van der Waals surface area contributed by atoms with E-state index in [4.69, 9.17) is 0 Å². The predicted octanol–water partition coefficient (Wildman–Crippen LogP) is 0.940. The Balaban J connectivity index is 1.68. The number of halogens is 1. The second-order valence-electron chi connectivity index (χ2n) is 5.72. The molecule has 1 saturated heterocycles. The van der Waals surface area contributed by atoms with E-state index in [0.29, 0.717) is 17.0 Å². The maximum absolute atomic E-state index is 13.1. The van der Waals surface area contributed by atoms with Crippen molar-refractivity contribution >= 4 is 11.6 Å². The van der Waals surface area contributed by atoms with Crippen molar-refractivity contribution in [2.45, 2.75) is 18.3 Å². The summed E-state index contributed by atoms with van der Waals surface area (Å²) in [6, 6.07) is 11.3. The minimum Gasteiger partial charge on any atom is -0.376 e. The molecule has 0 bridgehead atoms. The predicted molar refractivity (Wildman–Crippen MR) is 84.3 cm³/mol. The third-order valence-electron chi connectivity index (χ3n) is 4.22. The normalized spacial score (nSPS) is 25.9. The standard InChI is InChI=1S/C17H15FN4O2/c18-11-6-4-10(5-7-11)13-9-14(23)22-16(20-13)15(17(24)21-22)12-3-1-2-8-19-12/h1-9,15-17,20-21,24H. The number of benzene rings is 1. The van der Waals surface area contributed by atoms with Gasteiger partial charge in [0.1, 0.15) is 18.2 Å². The van der Waals surface area contributed by atoms with Crippen molar-refractivity contribution in [1.29, 1.82) is 0 Å². The Morgan fingerprint density at radius 1 is 1.17 bits per heavy atom. The van der Waals surface area contributed by atoms with Crippen LogP contribution in [0.15, 0.2) is 54.7 Å².